The monoisotopic (exact) mass is 255 g/mol. The fourth-order valence-corrected chi connectivity index (χ4v) is 2.61. The lowest BCUT2D eigenvalue weighted by Crippen LogP contribution is -2.19. The van der Waals surface area contributed by atoms with Crippen LogP contribution in [0.25, 0.3) is 0 Å². The molecule has 0 aliphatic heterocycles. The Morgan fingerprint density at radius 2 is 2.24 bits per heavy atom. The molecule has 0 fully saturated rings. The van der Waals surface area contributed by atoms with Gasteiger partial charge in [-0.05, 0) is 34.7 Å². The highest BCUT2D eigenvalue weighted by Crippen LogP contribution is 2.22. The van der Waals surface area contributed by atoms with Crippen LogP contribution < -0.4 is 5.73 Å². The summed E-state index contributed by atoms with van der Waals surface area (Å²) in [7, 11) is 0. The third kappa shape index (κ3) is 5.19. The molecule has 3 heteroatoms. The standard InChI is InChI=1S/C14H25NOS/c1-3-5-6-12(4-2)10-16-14(9-15)13-7-8-17-11-13/h7-8,11-12,14H,3-6,9-10,15H2,1-2H3. The quantitative estimate of drug-likeness (QED) is 0.724. The number of rotatable bonds is 9. The minimum Gasteiger partial charge on any atom is -0.372 e. The molecule has 1 aromatic rings. The lowest BCUT2D eigenvalue weighted by molar-refractivity contribution is 0.0301. The van der Waals surface area contributed by atoms with Gasteiger partial charge in [0.15, 0.2) is 0 Å². The van der Waals surface area contributed by atoms with Gasteiger partial charge in [-0.1, -0.05) is 33.1 Å². The summed E-state index contributed by atoms with van der Waals surface area (Å²) in [5.74, 6) is 0.683. The molecule has 98 valence electrons. The zero-order chi connectivity index (χ0) is 12.5. The van der Waals surface area contributed by atoms with E-state index in [2.05, 4.69) is 30.7 Å². The first-order chi connectivity index (χ1) is 8.31. The topological polar surface area (TPSA) is 35.2 Å². The van der Waals surface area contributed by atoms with Gasteiger partial charge in [0, 0.05) is 6.54 Å². The molecule has 17 heavy (non-hydrogen) atoms. The molecule has 0 aliphatic rings. The van der Waals surface area contributed by atoms with Gasteiger partial charge >= 0.3 is 0 Å². The zero-order valence-corrected chi connectivity index (χ0v) is 11.8. The molecule has 1 rings (SSSR count). The molecular formula is C14H25NOS. The first-order valence-corrected chi connectivity index (χ1v) is 7.59. The van der Waals surface area contributed by atoms with Gasteiger partial charge < -0.3 is 10.5 Å². The van der Waals surface area contributed by atoms with E-state index in [0.29, 0.717) is 12.5 Å². The van der Waals surface area contributed by atoms with Gasteiger partial charge in [-0.15, -0.1) is 0 Å². The molecule has 2 nitrogen and oxygen atoms in total. The maximum Gasteiger partial charge on any atom is 0.0955 e. The predicted octanol–water partition coefficient (Wildman–Crippen LogP) is 3.98. The van der Waals surface area contributed by atoms with E-state index in [-0.39, 0.29) is 6.10 Å². The Balaban J connectivity index is 2.35. The SMILES string of the molecule is CCCCC(CC)COC(CN)c1ccsc1. The molecule has 1 aromatic heterocycles. The molecule has 0 aliphatic carbocycles. The Bertz CT molecular complexity index is 274. The number of hydrogen-bond donors (Lipinski definition) is 1. The Hall–Kier alpha value is -0.380. The number of thiophene rings is 1. The molecular weight excluding hydrogens is 230 g/mol. The summed E-state index contributed by atoms with van der Waals surface area (Å²) in [6, 6.07) is 2.11. The second kappa shape index (κ2) is 8.67. The summed E-state index contributed by atoms with van der Waals surface area (Å²) >= 11 is 1.70. The second-order valence-electron chi connectivity index (χ2n) is 4.53. The minimum absolute atomic E-state index is 0.0805. The van der Waals surface area contributed by atoms with Gasteiger partial charge in [0.25, 0.3) is 0 Å². The van der Waals surface area contributed by atoms with Gasteiger partial charge in [0.1, 0.15) is 0 Å². The molecule has 0 bridgehead atoms. The van der Waals surface area contributed by atoms with Crippen molar-refractivity contribution in [3.8, 4) is 0 Å². The number of ether oxygens (including phenoxy) is 1. The van der Waals surface area contributed by atoms with E-state index in [1.54, 1.807) is 11.3 Å². The van der Waals surface area contributed by atoms with Gasteiger partial charge in [0.05, 0.1) is 12.7 Å². The van der Waals surface area contributed by atoms with Crippen LogP contribution in [0.3, 0.4) is 0 Å². The first kappa shape index (κ1) is 14.7. The average molecular weight is 255 g/mol. The average Bonchev–Trinajstić information content (AvgIpc) is 2.87. The summed E-state index contributed by atoms with van der Waals surface area (Å²) in [6.45, 7) is 5.89. The molecule has 0 amide bonds. The molecule has 2 N–H and O–H groups in total. The van der Waals surface area contributed by atoms with Gasteiger partial charge in [-0.2, -0.15) is 11.3 Å². The van der Waals surface area contributed by atoms with E-state index >= 15 is 0 Å². The van der Waals surface area contributed by atoms with Crippen LogP contribution in [0.5, 0.6) is 0 Å². The summed E-state index contributed by atoms with van der Waals surface area (Å²) < 4.78 is 5.97. The molecule has 0 saturated carbocycles. The Kier molecular flexibility index (Phi) is 7.49. The molecule has 2 unspecified atom stereocenters. The van der Waals surface area contributed by atoms with Crippen LogP contribution in [0.2, 0.25) is 0 Å². The third-order valence-corrected chi connectivity index (χ3v) is 3.91. The van der Waals surface area contributed by atoms with Crippen LogP contribution in [0.1, 0.15) is 51.2 Å². The fourth-order valence-electron chi connectivity index (χ4n) is 1.91. The van der Waals surface area contributed by atoms with E-state index in [1.807, 2.05) is 0 Å². The van der Waals surface area contributed by atoms with Crippen molar-refractivity contribution >= 4 is 11.3 Å². The smallest absolute Gasteiger partial charge is 0.0955 e. The predicted molar refractivity (Wildman–Crippen MR) is 75.4 cm³/mol. The molecule has 0 saturated heterocycles. The molecule has 0 radical (unpaired) electrons. The first-order valence-electron chi connectivity index (χ1n) is 6.65. The van der Waals surface area contributed by atoms with Gasteiger partial charge in [0.2, 0.25) is 0 Å². The van der Waals surface area contributed by atoms with Crippen molar-refractivity contribution in [3.63, 3.8) is 0 Å². The van der Waals surface area contributed by atoms with Crippen LogP contribution in [0, 0.1) is 5.92 Å². The van der Waals surface area contributed by atoms with Crippen molar-refractivity contribution in [1.29, 1.82) is 0 Å². The summed E-state index contributed by atoms with van der Waals surface area (Å²) in [6.07, 6.45) is 5.11. The number of hydrogen-bond acceptors (Lipinski definition) is 3. The molecule has 0 spiro atoms. The van der Waals surface area contributed by atoms with Crippen molar-refractivity contribution in [2.24, 2.45) is 11.7 Å². The van der Waals surface area contributed by atoms with E-state index in [0.717, 1.165) is 6.61 Å². The van der Waals surface area contributed by atoms with E-state index in [4.69, 9.17) is 10.5 Å². The van der Waals surface area contributed by atoms with E-state index < -0.39 is 0 Å². The Morgan fingerprint density at radius 1 is 1.41 bits per heavy atom. The Morgan fingerprint density at radius 3 is 2.76 bits per heavy atom. The Labute approximate surface area is 109 Å². The lowest BCUT2D eigenvalue weighted by atomic mass is 10.0. The normalized spacial score (nSPS) is 14.8. The van der Waals surface area contributed by atoms with Crippen molar-refractivity contribution in [2.75, 3.05) is 13.2 Å². The summed E-state index contributed by atoms with van der Waals surface area (Å²) in [5, 5.41) is 4.21. The lowest BCUT2D eigenvalue weighted by Gasteiger charge is -2.20. The minimum atomic E-state index is 0.0805. The van der Waals surface area contributed by atoms with Crippen LogP contribution >= 0.6 is 11.3 Å². The fraction of sp³-hybridized carbons (Fsp3) is 0.714. The van der Waals surface area contributed by atoms with Crippen LogP contribution in [0.15, 0.2) is 16.8 Å². The number of nitrogens with two attached hydrogens (primary N) is 1. The molecule has 2 atom stereocenters. The zero-order valence-electron chi connectivity index (χ0n) is 11.0. The number of unbranched alkanes of at least 4 members (excludes halogenated alkanes) is 1. The van der Waals surface area contributed by atoms with Crippen molar-refractivity contribution in [1.82, 2.24) is 0 Å². The third-order valence-electron chi connectivity index (χ3n) is 3.21. The maximum atomic E-state index is 5.97. The maximum absolute atomic E-state index is 5.97. The highest BCUT2D eigenvalue weighted by Gasteiger charge is 2.13. The van der Waals surface area contributed by atoms with E-state index in [1.165, 1.54) is 31.2 Å². The largest absolute Gasteiger partial charge is 0.372 e. The van der Waals surface area contributed by atoms with Crippen LogP contribution in [-0.4, -0.2) is 13.2 Å². The summed E-state index contributed by atoms with van der Waals surface area (Å²) in [4.78, 5) is 0. The second-order valence-corrected chi connectivity index (χ2v) is 5.31. The molecule has 1 heterocycles. The van der Waals surface area contributed by atoms with Crippen molar-refractivity contribution in [2.45, 2.75) is 45.6 Å². The van der Waals surface area contributed by atoms with E-state index in [9.17, 15) is 0 Å². The highest BCUT2D eigenvalue weighted by atomic mass is 32.1. The van der Waals surface area contributed by atoms with Crippen molar-refractivity contribution in [3.05, 3.63) is 22.4 Å². The summed E-state index contributed by atoms with van der Waals surface area (Å²) in [5.41, 5.74) is 7.00. The molecule has 0 aromatic carbocycles. The highest BCUT2D eigenvalue weighted by molar-refractivity contribution is 7.07. The van der Waals surface area contributed by atoms with Crippen LogP contribution in [0.4, 0.5) is 0 Å². The van der Waals surface area contributed by atoms with Gasteiger partial charge in [-0.3, -0.25) is 0 Å². The van der Waals surface area contributed by atoms with Crippen LogP contribution in [-0.2, 0) is 4.74 Å². The van der Waals surface area contributed by atoms with Gasteiger partial charge in [-0.25, -0.2) is 0 Å². The van der Waals surface area contributed by atoms with Crippen molar-refractivity contribution < 1.29 is 4.74 Å².